The van der Waals surface area contributed by atoms with Crippen LogP contribution in [0.25, 0.3) is 0 Å². The van der Waals surface area contributed by atoms with Crippen LogP contribution in [-0.4, -0.2) is 50.6 Å². The fourth-order valence-electron chi connectivity index (χ4n) is 2.78. The van der Waals surface area contributed by atoms with Crippen LogP contribution in [0.1, 0.15) is 25.3 Å². The molecule has 0 unspecified atom stereocenters. The zero-order valence-electron chi connectivity index (χ0n) is 14.5. The highest BCUT2D eigenvalue weighted by atomic mass is 32.2. The minimum absolute atomic E-state index is 0.105. The Balaban J connectivity index is 1.86. The summed E-state index contributed by atoms with van der Waals surface area (Å²) in [4.78, 5) is 23.8. The van der Waals surface area contributed by atoms with Gasteiger partial charge in [0.05, 0.1) is 19.3 Å². The van der Waals surface area contributed by atoms with Gasteiger partial charge in [0.2, 0.25) is 15.9 Å². The average Bonchev–Trinajstić information content (AvgIpc) is 2.56. The molecule has 1 aliphatic heterocycles. The molecule has 25 heavy (non-hydrogen) atoms. The number of carbonyl (C=O) groups excluding carboxylic acids is 2. The van der Waals surface area contributed by atoms with Gasteiger partial charge in [-0.05, 0) is 37.5 Å². The Morgan fingerprint density at radius 3 is 2.32 bits per heavy atom. The van der Waals surface area contributed by atoms with E-state index in [9.17, 15) is 18.0 Å². The van der Waals surface area contributed by atoms with E-state index < -0.39 is 10.0 Å². The van der Waals surface area contributed by atoms with Gasteiger partial charge in [0.25, 0.3) is 0 Å². The van der Waals surface area contributed by atoms with E-state index in [1.54, 1.807) is 31.2 Å². The lowest BCUT2D eigenvalue weighted by Gasteiger charge is -2.29. The Kier molecular flexibility index (Phi) is 6.55. The largest absolute Gasteiger partial charge is 0.466 e. The zero-order chi connectivity index (χ0) is 18.4. The van der Waals surface area contributed by atoms with Crippen molar-refractivity contribution in [3.63, 3.8) is 0 Å². The van der Waals surface area contributed by atoms with Crippen molar-refractivity contribution in [3.8, 4) is 0 Å². The summed E-state index contributed by atoms with van der Waals surface area (Å²) < 4.78 is 29.3. The standard InChI is InChI=1S/C17H24N2O5S/c1-3-24-16(20)12-13-4-6-15(7-5-13)18-17(21)14-8-10-19(11-9-14)25(2,22)23/h4-7,14H,3,8-12H2,1-2H3,(H,18,21). The summed E-state index contributed by atoms with van der Waals surface area (Å²) in [5, 5.41) is 2.85. The smallest absolute Gasteiger partial charge is 0.310 e. The van der Waals surface area contributed by atoms with Crippen LogP contribution >= 0.6 is 0 Å². The SMILES string of the molecule is CCOC(=O)Cc1ccc(NC(=O)C2CCN(S(C)(=O)=O)CC2)cc1. The summed E-state index contributed by atoms with van der Waals surface area (Å²) in [7, 11) is -3.19. The maximum atomic E-state index is 12.3. The van der Waals surface area contributed by atoms with Gasteiger partial charge in [-0.3, -0.25) is 9.59 Å². The summed E-state index contributed by atoms with van der Waals surface area (Å²) in [5.74, 6) is -0.583. The number of anilines is 1. The van der Waals surface area contributed by atoms with Gasteiger partial charge in [0, 0.05) is 24.7 Å². The molecule has 2 rings (SSSR count). The molecule has 1 aromatic carbocycles. The van der Waals surface area contributed by atoms with Crippen molar-refractivity contribution in [1.82, 2.24) is 4.31 Å². The van der Waals surface area contributed by atoms with E-state index in [4.69, 9.17) is 4.74 Å². The van der Waals surface area contributed by atoms with E-state index in [0.29, 0.717) is 38.2 Å². The monoisotopic (exact) mass is 368 g/mol. The molecule has 7 nitrogen and oxygen atoms in total. The molecule has 1 saturated heterocycles. The second-order valence-corrected chi connectivity index (χ2v) is 8.09. The number of ether oxygens (including phenoxy) is 1. The van der Waals surface area contributed by atoms with Crippen molar-refractivity contribution in [3.05, 3.63) is 29.8 Å². The van der Waals surface area contributed by atoms with Gasteiger partial charge in [-0.1, -0.05) is 12.1 Å². The zero-order valence-corrected chi connectivity index (χ0v) is 15.3. The fraction of sp³-hybridized carbons (Fsp3) is 0.529. The number of piperidine rings is 1. The molecule has 0 radical (unpaired) electrons. The van der Waals surface area contributed by atoms with Gasteiger partial charge >= 0.3 is 5.97 Å². The van der Waals surface area contributed by atoms with Gasteiger partial charge in [-0.2, -0.15) is 0 Å². The molecule has 138 valence electrons. The van der Waals surface area contributed by atoms with E-state index in [2.05, 4.69) is 5.32 Å². The van der Waals surface area contributed by atoms with Crippen molar-refractivity contribution < 1.29 is 22.7 Å². The van der Waals surface area contributed by atoms with E-state index in [1.807, 2.05) is 0 Å². The van der Waals surface area contributed by atoms with Crippen LogP contribution in [0.15, 0.2) is 24.3 Å². The number of rotatable bonds is 6. The fourth-order valence-corrected chi connectivity index (χ4v) is 3.65. The van der Waals surface area contributed by atoms with Gasteiger partial charge < -0.3 is 10.1 Å². The third-order valence-corrected chi connectivity index (χ3v) is 5.47. The average molecular weight is 368 g/mol. The second-order valence-electron chi connectivity index (χ2n) is 6.10. The van der Waals surface area contributed by atoms with Crippen LogP contribution in [-0.2, 0) is 30.8 Å². The molecule has 1 amide bonds. The van der Waals surface area contributed by atoms with Crippen LogP contribution in [0.4, 0.5) is 5.69 Å². The molecule has 0 saturated carbocycles. The number of nitrogens with zero attached hydrogens (tertiary/aromatic N) is 1. The van der Waals surface area contributed by atoms with Crippen LogP contribution in [0, 0.1) is 5.92 Å². The molecule has 0 spiro atoms. The highest BCUT2D eigenvalue weighted by Crippen LogP contribution is 2.21. The van der Waals surface area contributed by atoms with Crippen LogP contribution < -0.4 is 5.32 Å². The number of carbonyl (C=O) groups is 2. The summed E-state index contributed by atoms with van der Waals surface area (Å²) >= 11 is 0. The molecule has 8 heteroatoms. The minimum Gasteiger partial charge on any atom is -0.466 e. The Labute approximate surface area is 148 Å². The maximum absolute atomic E-state index is 12.3. The maximum Gasteiger partial charge on any atom is 0.310 e. The van der Waals surface area contributed by atoms with Gasteiger partial charge in [0.15, 0.2) is 0 Å². The Morgan fingerprint density at radius 2 is 1.80 bits per heavy atom. The van der Waals surface area contributed by atoms with Crippen molar-refractivity contribution in [2.75, 3.05) is 31.3 Å². The Bertz CT molecular complexity index is 707. The first-order valence-corrected chi connectivity index (χ1v) is 10.1. The number of hydrogen-bond donors (Lipinski definition) is 1. The molecule has 0 atom stereocenters. The molecule has 1 heterocycles. The number of benzene rings is 1. The summed E-state index contributed by atoms with van der Waals surface area (Å²) in [6.07, 6.45) is 2.41. The van der Waals surface area contributed by atoms with Crippen molar-refractivity contribution in [2.45, 2.75) is 26.2 Å². The lowest BCUT2D eigenvalue weighted by atomic mass is 9.97. The number of nitrogens with one attached hydrogen (secondary N) is 1. The van der Waals surface area contributed by atoms with Gasteiger partial charge in [-0.15, -0.1) is 0 Å². The number of esters is 1. The van der Waals surface area contributed by atoms with Crippen molar-refractivity contribution in [1.29, 1.82) is 0 Å². The third kappa shape index (κ3) is 5.82. The predicted octanol–water partition coefficient (Wildman–Crippen LogP) is 1.40. The van der Waals surface area contributed by atoms with Crippen molar-refractivity contribution >= 4 is 27.6 Å². The highest BCUT2D eigenvalue weighted by Gasteiger charge is 2.28. The molecule has 1 fully saturated rings. The molecular weight excluding hydrogens is 344 g/mol. The number of amides is 1. The first kappa shape index (κ1) is 19.4. The lowest BCUT2D eigenvalue weighted by Crippen LogP contribution is -2.40. The summed E-state index contributed by atoms with van der Waals surface area (Å²) in [6, 6.07) is 7.05. The molecule has 1 N–H and O–H groups in total. The molecule has 1 aliphatic rings. The van der Waals surface area contributed by atoms with Crippen LogP contribution in [0.2, 0.25) is 0 Å². The normalized spacial score (nSPS) is 16.4. The first-order valence-electron chi connectivity index (χ1n) is 8.30. The second kappa shape index (κ2) is 8.44. The summed E-state index contributed by atoms with van der Waals surface area (Å²) in [5.41, 5.74) is 1.47. The summed E-state index contributed by atoms with van der Waals surface area (Å²) in [6.45, 7) is 2.85. The molecule has 1 aromatic rings. The number of sulfonamides is 1. The van der Waals surface area contributed by atoms with E-state index in [-0.39, 0.29) is 24.2 Å². The molecule has 0 bridgehead atoms. The van der Waals surface area contributed by atoms with Crippen molar-refractivity contribution in [2.24, 2.45) is 5.92 Å². The van der Waals surface area contributed by atoms with E-state index in [0.717, 1.165) is 5.56 Å². The highest BCUT2D eigenvalue weighted by molar-refractivity contribution is 7.88. The predicted molar refractivity (Wildman–Crippen MR) is 94.5 cm³/mol. The lowest BCUT2D eigenvalue weighted by molar-refractivity contribution is -0.142. The van der Waals surface area contributed by atoms with Crippen LogP contribution in [0.5, 0.6) is 0 Å². The van der Waals surface area contributed by atoms with E-state index in [1.165, 1.54) is 10.6 Å². The molecule has 0 aromatic heterocycles. The molecule has 0 aliphatic carbocycles. The van der Waals surface area contributed by atoms with Gasteiger partial charge in [0.1, 0.15) is 0 Å². The Hall–Kier alpha value is -1.93. The topological polar surface area (TPSA) is 92.8 Å². The number of hydrogen-bond acceptors (Lipinski definition) is 5. The minimum atomic E-state index is -3.19. The quantitative estimate of drug-likeness (QED) is 0.766. The van der Waals surface area contributed by atoms with Gasteiger partial charge in [-0.25, -0.2) is 12.7 Å². The third-order valence-electron chi connectivity index (χ3n) is 4.17. The Morgan fingerprint density at radius 1 is 1.20 bits per heavy atom. The molecular formula is C17H24N2O5S. The van der Waals surface area contributed by atoms with Crippen LogP contribution in [0.3, 0.4) is 0 Å². The first-order chi connectivity index (χ1) is 11.8. The van der Waals surface area contributed by atoms with E-state index >= 15 is 0 Å².